The van der Waals surface area contributed by atoms with Crippen LogP contribution < -0.4 is 5.32 Å². The number of halogens is 1. The first kappa shape index (κ1) is 17.4. The van der Waals surface area contributed by atoms with E-state index in [-0.39, 0.29) is 30.7 Å². The van der Waals surface area contributed by atoms with Gasteiger partial charge >= 0.3 is 0 Å². The van der Waals surface area contributed by atoms with Gasteiger partial charge in [0.2, 0.25) is 5.91 Å². The zero-order chi connectivity index (χ0) is 18.1. The van der Waals surface area contributed by atoms with Crippen molar-refractivity contribution in [1.82, 2.24) is 4.90 Å². The number of nitrogens with one attached hydrogen (secondary N) is 1. The fourth-order valence-electron chi connectivity index (χ4n) is 2.85. The Hall–Kier alpha value is -2.47. The van der Waals surface area contributed by atoms with Crippen molar-refractivity contribution in [2.75, 3.05) is 11.9 Å². The van der Waals surface area contributed by atoms with Crippen LogP contribution in [0.1, 0.15) is 38.3 Å². The van der Waals surface area contributed by atoms with Crippen LogP contribution >= 0.6 is 15.9 Å². The van der Waals surface area contributed by atoms with E-state index in [4.69, 9.17) is 0 Å². The minimum atomic E-state index is -0.361. The third kappa shape index (κ3) is 3.49. The molecule has 0 saturated heterocycles. The topological polar surface area (TPSA) is 66.5 Å². The van der Waals surface area contributed by atoms with E-state index < -0.39 is 0 Å². The second-order valence-corrected chi connectivity index (χ2v) is 6.98. The highest BCUT2D eigenvalue weighted by Gasteiger charge is 2.35. The van der Waals surface area contributed by atoms with Gasteiger partial charge in [-0.15, -0.1) is 0 Å². The van der Waals surface area contributed by atoms with Crippen molar-refractivity contribution in [1.29, 1.82) is 0 Å². The van der Waals surface area contributed by atoms with E-state index in [1.54, 1.807) is 18.2 Å². The average molecular weight is 401 g/mol. The van der Waals surface area contributed by atoms with Crippen LogP contribution in [0, 0.1) is 13.8 Å². The molecule has 1 N–H and O–H groups in total. The molecule has 0 bridgehead atoms. The maximum absolute atomic E-state index is 12.4. The molecule has 0 spiro atoms. The van der Waals surface area contributed by atoms with Gasteiger partial charge in [0, 0.05) is 23.1 Å². The normalized spacial score (nSPS) is 13.2. The highest BCUT2D eigenvalue weighted by Crippen LogP contribution is 2.26. The van der Waals surface area contributed by atoms with Crippen LogP contribution in [0.15, 0.2) is 40.9 Å². The number of nitrogens with zero attached hydrogens (tertiary/aromatic N) is 1. The lowest BCUT2D eigenvalue weighted by molar-refractivity contribution is -0.116. The summed E-state index contributed by atoms with van der Waals surface area (Å²) in [5.41, 5.74) is 3.57. The maximum Gasteiger partial charge on any atom is 0.261 e. The molecule has 2 aromatic carbocycles. The van der Waals surface area contributed by atoms with Crippen molar-refractivity contribution in [3.05, 3.63) is 63.1 Å². The molecule has 6 heteroatoms. The fraction of sp³-hybridized carbons (Fsp3) is 0.211. The second-order valence-electron chi connectivity index (χ2n) is 6.07. The Bertz CT molecular complexity index is 892. The van der Waals surface area contributed by atoms with Crippen LogP contribution in [0.3, 0.4) is 0 Å². The van der Waals surface area contributed by atoms with E-state index in [2.05, 4.69) is 21.2 Å². The molecule has 2 aromatic rings. The monoisotopic (exact) mass is 400 g/mol. The third-order valence-corrected chi connectivity index (χ3v) is 4.64. The van der Waals surface area contributed by atoms with Gasteiger partial charge in [-0.1, -0.05) is 33.6 Å². The van der Waals surface area contributed by atoms with Gasteiger partial charge < -0.3 is 5.32 Å². The van der Waals surface area contributed by atoms with Crippen LogP contribution in [-0.2, 0) is 4.79 Å². The maximum atomic E-state index is 12.4. The number of aryl methyl sites for hydroxylation is 2. The van der Waals surface area contributed by atoms with Crippen molar-refractivity contribution >= 4 is 39.3 Å². The molecule has 0 aromatic heterocycles. The summed E-state index contributed by atoms with van der Waals surface area (Å²) < 4.78 is 0.738. The van der Waals surface area contributed by atoms with E-state index in [0.29, 0.717) is 11.1 Å². The predicted molar refractivity (Wildman–Crippen MR) is 98.7 cm³/mol. The van der Waals surface area contributed by atoms with Crippen LogP contribution in [0.2, 0.25) is 0 Å². The Morgan fingerprint density at radius 1 is 1.04 bits per heavy atom. The summed E-state index contributed by atoms with van der Waals surface area (Å²) in [5.74, 6) is -0.947. The number of benzene rings is 2. The van der Waals surface area contributed by atoms with Gasteiger partial charge in [0.25, 0.3) is 11.8 Å². The number of rotatable bonds is 4. The van der Waals surface area contributed by atoms with Crippen molar-refractivity contribution in [2.24, 2.45) is 0 Å². The van der Waals surface area contributed by atoms with E-state index in [1.165, 1.54) is 0 Å². The van der Waals surface area contributed by atoms with Gasteiger partial charge in [-0.2, -0.15) is 0 Å². The highest BCUT2D eigenvalue weighted by atomic mass is 79.9. The number of hydrogen-bond donors (Lipinski definition) is 1. The number of imide groups is 1. The summed E-state index contributed by atoms with van der Waals surface area (Å²) in [6.45, 7) is 3.96. The largest absolute Gasteiger partial charge is 0.326 e. The summed E-state index contributed by atoms with van der Waals surface area (Å²) in [4.78, 5) is 38.0. The summed E-state index contributed by atoms with van der Waals surface area (Å²) in [6, 6.07) is 10.7. The molecule has 3 rings (SSSR count). The number of carbonyl (C=O) groups is 3. The summed E-state index contributed by atoms with van der Waals surface area (Å²) in [7, 11) is 0. The van der Waals surface area contributed by atoms with E-state index in [1.807, 2.05) is 32.0 Å². The molecule has 0 atom stereocenters. The molecule has 0 aliphatic carbocycles. The molecule has 25 heavy (non-hydrogen) atoms. The number of carbonyl (C=O) groups excluding carboxylic acids is 3. The molecule has 3 amide bonds. The lowest BCUT2D eigenvalue weighted by Gasteiger charge is -2.14. The molecule has 5 nitrogen and oxygen atoms in total. The van der Waals surface area contributed by atoms with Gasteiger partial charge in [0.1, 0.15) is 0 Å². The SMILES string of the molecule is Cc1ccc(NC(=O)CCN2C(=O)c3ccc(Br)cc3C2=O)c(C)c1. The number of anilines is 1. The molecule has 0 unspecified atom stereocenters. The average Bonchev–Trinajstić information content (AvgIpc) is 2.79. The molecular weight excluding hydrogens is 384 g/mol. The molecule has 0 radical (unpaired) electrons. The fourth-order valence-corrected chi connectivity index (χ4v) is 3.21. The number of amides is 3. The van der Waals surface area contributed by atoms with Gasteiger partial charge in [-0.3, -0.25) is 19.3 Å². The van der Waals surface area contributed by atoms with Crippen molar-refractivity contribution in [2.45, 2.75) is 20.3 Å². The van der Waals surface area contributed by atoms with E-state index >= 15 is 0 Å². The Labute approximate surface area is 154 Å². The Balaban J connectivity index is 1.65. The lowest BCUT2D eigenvalue weighted by Crippen LogP contribution is -2.32. The molecule has 0 saturated carbocycles. The van der Waals surface area contributed by atoms with Gasteiger partial charge in [0.05, 0.1) is 11.1 Å². The molecule has 128 valence electrons. The number of fused-ring (bicyclic) bond motifs is 1. The van der Waals surface area contributed by atoms with Crippen molar-refractivity contribution in [3.63, 3.8) is 0 Å². The van der Waals surface area contributed by atoms with Crippen LogP contribution in [0.25, 0.3) is 0 Å². The predicted octanol–water partition coefficient (Wildman–Crippen LogP) is 3.69. The van der Waals surface area contributed by atoms with Crippen LogP contribution in [0.5, 0.6) is 0 Å². The summed E-state index contributed by atoms with van der Waals surface area (Å²) >= 11 is 3.30. The Kier molecular flexibility index (Phi) is 4.72. The van der Waals surface area contributed by atoms with E-state index in [0.717, 1.165) is 26.2 Å². The standard InChI is InChI=1S/C19H17BrN2O3/c1-11-3-6-16(12(2)9-11)21-17(23)7-8-22-18(24)14-5-4-13(20)10-15(14)19(22)25/h3-6,9-10H,7-8H2,1-2H3,(H,21,23). The van der Waals surface area contributed by atoms with E-state index in [9.17, 15) is 14.4 Å². The minimum Gasteiger partial charge on any atom is -0.326 e. The first-order chi connectivity index (χ1) is 11.9. The zero-order valence-electron chi connectivity index (χ0n) is 13.9. The minimum absolute atomic E-state index is 0.0555. The molecule has 1 aliphatic rings. The molecule has 0 fully saturated rings. The highest BCUT2D eigenvalue weighted by molar-refractivity contribution is 9.10. The quantitative estimate of drug-likeness (QED) is 0.795. The Morgan fingerprint density at radius 2 is 1.76 bits per heavy atom. The third-order valence-electron chi connectivity index (χ3n) is 4.15. The molecule has 1 aliphatic heterocycles. The molecule has 1 heterocycles. The summed E-state index contributed by atoms with van der Waals surface area (Å²) in [6.07, 6.45) is 0.0555. The number of hydrogen-bond acceptors (Lipinski definition) is 3. The van der Waals surface area contributed by atoms with Gasteiger partial charge in [0.15, 0.2) is 0 Å². The van der Waals surface area contributed by atoms with Crippen LogP contribution in [-0.4, -0.2) is 29.2 Å². The second kappa shape index (κ2) is 6.80. The van der Waals surface area contributed by atoms with Gasteiger partial charge in [-0.05, 0) is 43.7 Å². The smallest absolute Gasteiger partial charge is 0.261 e. The lowest BCUT2D eigenvalue weighted by atomic mass is 10.1. The first-order valence-corrected chi connectivity index (χ1v) is 8.69. The first-order valence-electron chi connectivity index (χ1n) is 7.89. The van der Waals surface area contributed by atoms with Crippen molar-refractivity contribution < 1.29 is 14.4 Å². The summed E-state index contributed by atoms with van der Waals surface area (Å²) in [5, 5.41) is 2.83. The van der Waals surface area contributed by atoms with Crippen LogP contribution in [0.4, 0.5) is 5.69 Å². The Morgan fingerprint density at radius 3 is 2.48 bits per heavy atom. The zero-order valence-corrected chi connectivity index (χ0v) is 15.5. The molecular formula is C19H17BrN2O3. The van der Waals surface area contributed by atoms with Gasteiger partial charge in [-0.25, -0.2) is 0 Å². The van der Waals surface area contributed by atoms with Crippen molar-refractivity contribution in [3.8, 4) is 0 Å².